The lowest BCUT2D eigenvalue weighted by molar-refractivity contribution is -0.124. The maximum Gasteiger partial charge on any atom is 0.291 e. The first-order chi connectivity index (χ1) is 13.5. The Kier molecular flexibility index (Phi) is 4.50. The van der Waals surface area contributed by atoms with Crippen molar-refractivity contribution >= 4 is 27.7 Å². The minimum Gasteiger partial charge on any atom is -0.465 e. The number of benzene rings is 1. The first-order valence-electron chi connectivity index (χ1n) is 9.29. The molecule has 0 fully saturated rings. The third-order valence-corrected chi connectivity index (χ3v) is 5.04. The fraction of sp³-hybridized carbons (Fsp3) is 0.286. The second-order valence-corrected chi connectivity index (χ2v) is 6.88. The van der Waals surface area contributed by atoms with E-state index in [0.29, 0.717) is 24.2 Å². The van der Waals surface area contributed by atoms with Gasteiger partial charge in [-0.15, -0.1) is 0 Å². The summed E-state index contributed by atoms with van der Waals surface area (Å²) in [5.74, 6) is 1.34. The predicted molar refractivity (Wildman–Crippen MR) is 107 cm³/mol. The Morgan fingerprint density at radius 1 is 1.21 bits per heavy atom. The van der Waals surface area contributed by atoms with Crippen LogP contribution in [0.4, 0.5) is 0 Å². The number of carbonyl (C=O) groups is 1. The van der Waals surface area contributed by atoms with Crippen molar-refractivity contribution in [2.45, 2.75) is 32.9 Å². The van der Waals surface area contributed by atoms with Crippen molar-refractivity contribution in [2.75, 3.05) is 0 Å². The van der Waals surface area contributed by atoms with Gasteiger partial charge in [0.25, 0.3) is 5.56 Å². The molecule has 7 heteroatoms. The molecule has 144 valence electrons. The highest BCUT2D eigenvalue weighted by atomic mass is 16.3. The monoisotopic (exact) mass is 378 g/mol. The molecule has 3 aromatic heterocycles. The zero-order chi connectivity index (χ0) is 19.8. The molecule has 1 aromatic carbocycles. The molecular weight excluding hydrogens is 356 g/mol. The zero-order valence-corrected chi connectivity index (χ0v) is 16.1. The van der Waals surface area contributed by atoms with E-state index < -0.39 is 6.04 Å². The van der Waals surface area contributed by atoms with Crippen molar-refractivity contribution < 1.29 is 9.21 Å². The van der Waals surface area contributed by atoms with Crippen LogP contribution in [0.15, 0.2) is 51.8 Å². The maximum atomic E-state index is 13.0. The SMILES string of the molecule is CC[C@H](C(=O)NCc1ccc(C)o1)n1c2ccccc2c2cnn(C)c(=O)c21. The molecule has 1 N–H and O–H groups in total. The number of carbonyl (C=O) groups excluding carboxylic acids is 1. The van der Waals surface area contributed by atoms with Crippen LogP contribution in [-0.4, -0.2) is 20.3 Å². The number of aromatic nitrogens is 3. The first kappa shape index (κ1) is 18.0. The molecule has 0 radical (unpaired) electrons. The summed E-state index contributed by atoms with van der Waals surface area (Å²) in [6.45, 7) is 4.11. The van der Waals surface area contributed by atoms with Gasteiger partial charge in [-0.2, -0.15) is 5.10 Å². The highest BCUT2D eigenvalue weighted by Gasteiger charge is 2.25. The van der Waals surface area contributed by atoms with E-state index in [1.165, 1.54) is 4.68 Å². The Morgan fingerprint density at radius 2 is 2.00 bits per heavy atom. The van der Waals surface area contributed by atoms with Gasteiger partial charge in [0, 0.05) is 17.8 Å². The Labute approximate surface area is 161 Å². The number of amides is 1. The van der Waals surface area contributed by atoms with Crippen LogP contribution in [0.5, 0.6) is 0 Å². The van der Waals surface area contributed by atoms with Crippen molar-refractivity contribution in [1.29, 1.82) is 0 Å². The Balaban J connectivity index is 1.81. The number of hydrogen-bond donors (Lipinski definition) is 1. The Bertz CT molecular complexity index is 1230. The van der Waals surface area contributed by atoms with Gasteiger partial charge in [0.15, 0.2) is 0 Å². The van der Waals surface area contributed by atoms with Crippen LogP contribution in [0.1, 0.15) is 30.9 Å². The summed E-state index contributed by atoms with van der Waals surface area (Å²) >= 11 is 0. The second kappa shape index (κ2) is 6.99. The number of nitrogens with zero attached hydrogens (tertiary/aromatic N) is 3. The number of hydrogen-bond acceptors (Lipinski definition) is 4. The fourth-order valence-electron chi connectivity index (χ4n) is 3.67. The minimum atomic E-state index is -0.520. The fourth-order valence-corrected chi connectivity index (χ4v) is 3.67. The molecule has 0 saturated heterocycles. The van der Waals surface area contributed by atoms with E-state index in [1.54, 1.807) is 13.2 Å². The van der Waals surface area contributed by atoms with Gasteiger partial charge >= 0.3 is 0 Å². The standard InChI is InChI=1S/C21H22N4O3/c1-4-17(20(26)22-11-14-10-9-13(2)28-14)25-18-8-6-5-7-15(18)16-12-23-24(3)21(27)19(16)25/h5-10,12,17H,4,11H2,1-3H3,(H,22,26)/t17-/m1/s1. The van der Waals surface area contributed by atoms with Crippen LogP contribution >= 0.6 is 0 Å². The summed E-state index contributed by atoms with van der Waals surface area (Å²) < 4.78 is 8.67. The average Bonchev–Trinajstić information content (AvgIpc) is 3.26. The number of rotatable bonds is 5. The van der Waals surface area contributed by atoms with Gasteiger partial charge in [-0.25, -0.2) is 4.68 Å². The summed E-state index contributed by atoms with van der Waals surface area (Å²) in [5.41, 5.74) is 1.12. The molecule has 1 amide bonds. The van der Waals surface area contributed by atoms with Crippen LogP contribution in [-0.2, 0) is 18.4 Å². The smallest absolute Gasteiger partial charge is 0.291 e. The third-order valence-electron chi connectivity index (χ3n) is 5.04. The van der Waals surface area contributed by atoms with Crippen molar-refractivity contribution in [3.8, 4) is 0 Å². The topological polar surface area (TPSA) is 82.1 Å². The molecule has 0 aliphatic rings. The first-order valence-corrected chi connectivity index (χ1v) is 9.29. The summed E-state index contributed by atoms with van der Waals surface area (Å²) in [5, 5.41) is 8.76. The van der Waals surface area contributed by atoms with Crippen molar-refractivity contribution in [2.24, 2.45) is 7.05 Å². The molecule has 0 bridgehead atoms. The number of fused-ring (bicyclic) bond motifs is 3. The summed E-state index contributed by atoms with van der Waals surface area (Å²) in [4.78, 5) is 25.9. The number of aryl methyl sites for hydroxylation is 2. The lowest BCUT2D eigenvalue weighted by Gasteiger charge is -2.19. The van der Waals surface area contributed by atoms with Gasteiger partial charge in [0.1, 0.15) is 23.1 Å². The molecule has 0 aliphatic heterocycles. The summed E-state index contributed by atoms with van der Waals surface area (Å²) in [6, 6.07) is 10.9. The summed E-state index contributed by atoms with van der Waals surface area (Å²) in [7, 11) is 1.62. The molecular formula is C21H22N4O3. The van der Waals surface area contributed by atoms with E-state index in [1.807, 2.05) is 54.8 Å². The molecule has 0 saturated carbocycles. The van der Waals surface area contributed by atoms with E-state index in [0.717, 1.165) is 22.0 Å². The van der Waals surface area contributed by atoms with Gasteiger partial charge < -0.3 is 14.3 Å². The van der Waals surface area contributed by atoms with Crippen LogP contribution in [0.2, 0.25) is 0 Å². The minimum absolute atomic E-state index is 0.155. The lowest BCUT2D eigenvalue weighted by Crippen LogP contribution is -2.33. The van der Waals surface area contributed by atoms with E-state index in [9.17, 15) is 9.59 Å². The van der Waals surface area contributed by atoms with Gasteiger partial charge in [-0.1, -0.05) is 25.1 Å². The summed E-state index contributed by atoms with van der Waals surface area (Å²) in [6.07, 6.45) is 2.23. The number of furan rings is 1. The van der Waals surface area contributed by atoms with Gasteiger partial charge in [-0.3, -0.25) is 9.59 Å². The predicted octanol–water partition coefficient (Wildman–Crippen LogP) is 3.06. The van der Waals surface area contributed by atoms with Crippen molar-refractivity contribution in [3.63, 3.8) is 0 Å². The van der Waals surface area contributed by atoms with Crippen LogP contribution < -0.4 is 10.9 Å². The molecule has 28 heavy (non-hydrogen) atoms. The highest BCUT2D eigenvalue weighted by Crippen LogP contribution is 2.30. The van der Waals surface area contributed by atoms with Gasteiger partial charge in [0.2, 0.25) is 5.91 Å². The van der Waals surface area contributed by atoms with Gasteiger partial charge in [-0.05, 0) is 31.5 Å². The zero-order valence-electron chi connectivity index (χ0n) is 16.1. The lowest BCUT2D eigenvalue weighted by atomic mass is 10.2. The van der Waals surface area contributed by atoms with Crippen molar-refractivity contribution in [3.05, 3.63) is 64.5 Å². The second-order valence-electron chi connectivity index (χ2n) is 6.88. The van der Waals surface area contributed by atoms with E-state index in [2.05, 4.69) is 10.4 Å². The van der Waals surface area contributed by atoms with Gasteiger partial charge in [0.05, 0.1) is 18.3 Å². The quantitative estimate of drug-likeness (QED) is 0.579. The Morgan fingerprint density at radius 3 is 2.71 bits per heavy atom. The third kappa shape index (κ3) is 2.89. The normalized spacial score (nSPS) is 12.5. The largest absolute Gasteiger partial charge is 0.465 e. The average molecular weight is 378 g/mol. The highest BCUT2D eigenvalue weighted by molar-refractivity contribution is 6.08. The van der Waals surface area contributed by atoms with Crippen LogP contribution in [0, 0.1) is 6.92 Å². The molecule has 7 nitrogen and oxygen atoms in total. The molecule has 0 spiro atoms. The van der Waals surface area contributed by atoms with E-state index in [4.69, 9.17) is 4.42 Å². The van der Waals surface area contributed by atoms with Crippen LogP contribution in [0.25, 0.3) is 21.8 Å². The molecule has 4 rings (SSSR count). The van der Waals surface area contributed by atoms with E-state index >= 15 is 0 Å². The maximum absolute atomic E-state index is 13.0. The molecule has 4 aromatic rings. The number of para-hydroxylation sites is 1. The molecule has 0 aliphatic carbocycles. The Hall–Kier alpha value is -3.35. The van der Waals surface area contributed by atoms with E-state index in [-0.39, 0.29) is 11.5 Å². The number of nitrogens with one attached hydrogen (secondary N) is 1. The molecule has 3 heterocycles. The molecule has 0 unspecified atom stereocenters. The van der Waals surface area contributed by atoms with Crippen molar-refractivity contribution in [1.82, 2.24) is 19.7 Å². The molecule has 1 atom stereocenters. The van der Waals surface area contributed by atoms with Crippen LogP contribution in [0.3, 0.4) is 0 Å².